The van der Waals surface area contributed by atoms with Gasteiger partial charge >= 0.3 is 0 Å². The minimum atomic E-state index is -3.49. The first-order valence-electron chi connectivity index (χ1n) is 8.37. The summed E-state index contributed by atoms with van der Waals surface area (Å²) in [7, 11) is -3.49. The molecule has 142 valence electrons. The van der Waals surface area contributed by atoms with E-state index < -0.39 is 10.0 Å². The van der Waals surface area contributed by atoms with E-state index in [9.17, 15) is 8.42 Å². The highest BCUT2D eigenvalue weighted by Crippen LogP contribution is 2.22. The van der Waals surface area contributed by atoms with Gasteiger partial charge < -0.3 is 8.83 Å². The second-order valence-electron chi connectivity index (χ2n) is 6.12. The molecule has 0 unspecified atom stereocenters. The molecule has 3 aromatic rings. The van der Waals surface area contributed by atoms with E-state index in [1.54, 1.807) is 42.7 Å². The third kappa shape index (κ3) is 3.98. The van der Waals surface area contributed by atoms with Crippen LogP contribution in [-0.2, 0) is 16.6 Å². The maximum atomic E-state index is 12.8. The summed E-state index contributed by atoms with van der Waals surface area (Å²) >= 11 is 3.32. The van der Waals surface area contributed by atoms with Crippen LogP contribution in [0.15, 0.2) is 60.9 Å². The SMILES string of the molecule is O=S(=O)(c1cccc(Br)c1)N1CCN(Cc2nnc(-c3ccco3)o2)CC1. The summed E-state index contributed by atoms with van der Waals surface area (Å²) in [4.78, 5) is 2.39. The summed E-state index contributed by atoms with van der Waals surface area (Å²) in [5.41, 5.74) is 0. The van der Waals surface area contributed by atoms with E-state index in [0.29, 0.717) is 55.2 Å². The first kappa shape index (κ1) is 18.4. The molecule has 1 aromatic carbocycles. The molecule has 0 amide bonds. The van der Waals surface area contributed by atoms with Gasteiger partial charge in [-0.25, -0.2) is 8.42 Å². The Hall–Kier alpha value is -2.01. The summed E-state index contributed by atoms with van der Waals surface area (Å²) in [6, 6.07) is 10.3. The van der Waals surface area contributed by atoms with Gasteiger partial charge in [-0.15, -0.1) is 10.2 Å². The number of aromatic nitrogens is 2. The van der Waals surface area contributed by atoms with Gasteiger partial charge in [-0.2, -0.15) is 4.31 Å². The largest absolute Gasteiger partial charge is 0.459 e. The van der Waals surface area contributed by atoms with Crippen LogP contribution in [0.4, 0.5) is 0 Å². The van der Waals surface area contributed by atoms with Crippen molar-refractivity contribution in [2.75, 3.05) is 26.2 Å². The minimum Gasteiger partial charge on any atom is -0.459 e. The van der Waals surface area contributed by atoms with Gasteiger partial charge in [-0.1, -0.05) is 22.0 Å². The number of hydrogen-bond donors (Lipinski definition) is 0. The van der Waals surface area contributed by atoms with Crippen LogP contribution < -0.4 is 0 Å². The summed E-state index contributed by atoms with van der Waals surface area (Å²) in [5.74, 6) is 1.34. The Morgan fingerprint density at radius 3 is 2.59 bits per heavy atom. The maximum absolute atomic E-state index is 12.8. The van der Waals surface area contributed by atoms with Crippen LogP contribution in [0, 0.1) is 0 Å². The molecule has 0 N–H and O–H groups in total. The number of rotatable bonds is 5. The highest BCUT2D eigenvalue weighted by atomic mass is 79.9. The van der Waals surface area contributed by atoms with Gasteiger partial charge in [0, 0.05) is 30.7 Å². The average Bonchev–Trinajstić information content (AvgIpc) is 3.34. The standard InChI is InChI=1S/C17H17BrN4O4S/c18-13-3-1-4-14(11-13)27(23,24)22-8-6-21(7-9-22)12-16-19-20-17(26-16)15-5-2-10-25-15/h1-5,10-11H,6-9,12H2. The fourth-order valence-corrected chi connectivity index (χ4v) is 4.93. The molecule has 0 atom stereocenters. The lowest BCUT2D eigenvalue weighted by Gasteiger charge is -2.33. The molecule has 1 aliphatic heterocycles. The van der Waals surface area contributed by atoms with E-state index in [1.807, 2.05) is 0 Å². The van der Waals surface area contributed by atoms with Gasteiger partial charge in [0.05, 0.1) is 17.7 Å². The Morgan fingerprint density at radius 2 is 1.89 bits per heavy atom. The lowest BCUT2D eigenvalue weighted by molar-refractivity contribution is 0.168. The zero-order chi connectivity index (χ0) is 18.9. The summed E-state index contributed by atoms with van der Waals surface area (Å²) in [6.45, 7) is 2.47. The number of halogens is 1. The van der Waals surface area contributed by atoms with Crippen molar-refractivity contribution in [3.63, 3.8) is 0 Å². The van der Waals surface area contributed by atoms with Crippen LogP contribution >= 0.6 is 15.9 Å². The predicted octanol–water partition coefficient (Wildman–Crippen LogP) is 2.60. The van der Waals surface area contributed by atoms with Gasteiger partial charge in [-0.3, -0.25) is 4.90 Å². The number of hydrogen-bond acceptors (Lipinski definition) is 7. The Kier molecular flexibility index (Phi) is 5.13. The highest BCUT2D eigenvalue weighted by Gasteiger charge is 2.29. The van der Waals surface area contributed by atoms with Crippen molar-refractivity contribution in [2.45, 2.75) is 11.4 Å². The Morgan fingerprint density at radius 1 is 1.07 bits per heavy atom. The molecule has 4 rings (SSSR count). The van der Waals surface area contributed by atoms with E-state index >= 15 is 0 Å². The fraction of sp³-hybridized carbons (Fsp3) is 0.294. The van der Waals surface area contributed by atoms with Crippen molar-refractivity contribution in [3.05, 3.63) is 53.0 Å². The highest BCUT2D eigenvalue weighted by molar-refractivity contribution is 9.10. The lowest BCUT2D eigenvalue weighted by Crippen LogP contribution is -2.48. The molecule has 2 aromatic heterocycles. The smallest absolute Gasteiger partial charge is 0.283 e. The molecule has 0 bridgehead atoms. The zero-order valence-corrected chi connectivity index (χ0v) is 16.7. The third-order valence-electron chi connectivity index (χ3n) is 4.32. The molecule has 3 heterocycles. The Balaban J connectivity index is 1.38. The van der Waals surface area contributed by atoms with E-state index in [-0.39, 0.29) is 0 Å². The first-order valence-corrected chi connectivity index (χ1v) is 10.6. The molecular weight excluding hydrogens is 436 g/mol. The monoisotopic (exact) mass is 452 g/mol. The predicted molar refractivity (Wildman–Crippen MR) is 100 cm³/mol. The van der Waals surface area contributed by atoms with Crippen molar-refractivity contribution in [2.24, 2.45) is 0 Å². The van der Waals surface area contributed by atoms with Crippen molar-refractivity contribution in [3.8, 4) is 11.7 Å². The second kappa shape index (κ2) is 7.55. The Bertz CT molecular complexity index is 1010. The van der Waals surface area contributed by atoms with Crippen LogP contribution in [0.2, 0.25) is 0 Å². The molecule has 0 spiro atoms. The summed E-state index contributed by atoms with van der Waals surface area (Å²) in [6.07, 6.45) is 1.55. The normalized spacial score (nSPS) is 16.6. The van der Waals surface area contributed by atoms with Crippen LogP contribution in [-0.4, -0.2) is 54.0 Å². The van der Waals surface area contributed by atoms with Crippen molar-refractivity contribution in [1.82, 2.24) is 19.4 Å². The van der Waals surface area contributed by atoms with E-state index in [1.165, 1.54) is 4.31 Å². The number of nitrogens with zero attached hydrogens (tertiary/aromatic N) is 4. The molecule has 1 saturated heterocycles. The van der Waals surface area contributed by atoms with Crippen molar-refractivity contribution < 1.29 is 17.3 Å². The molecule has 0 radical (unpaired) electrons. The number of benzene rings is 1. The van der Waals surface area contributed by atoms with Crippen LogP contribution in [0.3, 0.4) is 0 Å². The lowest BCUT2D eigenvalue weighted by atomic mass is 10.3. The van der Waals surface area contributed by atoms with Gasteiger partial charge in [-0.05, 0) is 30.3 Å². The van der Waals surface area contributed by atoms with E-state index in [2.05, 4.69) is 31.0 Å². The summed E-state index contributed by atoms with van der Waals surface area (Å²) < 4.78 is 38.6. The van der Waals surface area contributed by atoms with Gasteiger partial charge in [0.1, 0.15) is 0 Å². The van der Waals surface area contributed by atoms with E-state index in [0.717, 1.165) is 4.47 Å². The second-order valence-corrected chi connectivity index (χ2v) is 8.97. The van der Waals surface area contributed by atoms with Gasteiger partial charge in [0.2, 0.25) is 15.9 Å². The molecule has 1 fully saturated rings. The molecule has 1 aliphatic rings. The molecule has 27 heavy (non-hydrogen) atoms. The zero-order valence-electron chi connectivity index (χ0n) is 14.3. The number of sulfonamides is 1. The van der Waals surface area contributed by atoms with Gasteiger partial charge in [0.25, 0.3) is 5.89 Å². The Labute approximate surface area is 165 Å². The van der Waals surface area contributed by atoms with Crippen LogP contribution in [0.5, 0.6) is 0 Å². The molecule has 10 heteroatoms. The van der Waals surface area contributed by atoms with Crippen LogP contribution in [0.25, 0.3) is 11.7 Å². The van der Waals surface area contributed by atoms with Crippen molar-refractivity contribution in [1.29, 1.82) is 0 Å². The van der Waals surface area contributed by atoms with E-state index in [4.69, 9.17) is 8.83 Å². The van der Waals surface area contributed by atoms with Crippen LogP contribution in [0.1, 0.15) is 5.89 Å². The molecule has 0 saturated carbocycles. The van der Waals surface area contributed by atoms with Crippen molar-refractivity contribution >= 4 is 26.0 Å². The third-order valence-corrected chi connectivity index (χ3v) is 6.71. The number of furan rings is 1. The quantitative estimate of drug-likeness (QED) is 0.587. The molecular formula is C17H17BrN4O4S. The summed E-state index contributed by atoms with van der Waals surface area (Å²) in [5, 5.41) is 8.01. The average molecular weight is 453 g/mol. The first-order chi connectivity index (χ1) is 13.0. The topological polar surface area (TPSA) is 92.7 Å². The number of piperazine rings is 1. The fourth-order valence-electron chi connectivity index (χ4n) is 2.91. The maximum Gasteiger partial charge on any atom is 0.283 e. The van der Waals surface area contributed by atoms with Gasteiger partial charge in [0.15, 0.2) is 5.76 Å². The minimum absolute atomic E-state index is 0.297. The molecule has 8 nitrogen and oxygen atoms in total. The molecule has 0 aliphatic carbocycles.